The lowest BCUT2D eigenvalue weighted by Crippen LogP contribution is -2.63. The number of benzene rings is 1. The summed E-state index contributed by atoms with van der Waals surface area (Å²) in [6.45, 7) is 6.72. The summed E-state index contributed by atoms with van der Waals surface area (Å²) < 4.78 is 37.3. The Morgan fingerprint density at radius 1 is 0.867 bits per heavy atom. The molecular weight excluding hydrogens is 1040 g/mol. The van der Waals surface area contributed by atoms with Crippen molar-refractivity contribution < 1.29 is 80.9 Å². The van der Waals surface area contributed by atoms with Crippen molar-refractivity contribution in [2.75, 3.05) is 37.7 Å². The van der Waals surface area contributed by atoms with Gasteiger partial charge in [0.15, 0.2) is 0 Å². The summed E-state index contributed by atoms with van der Waals surface area (Å²) in [5.74, 6) is -10.8. The van der Waals surface area contributed by atoms with Crippen LogP contribution in [0.2, 0.25) is 0 Å². The number of nitrogens with zero attached hydrogens (tertiary/aromatic N) is 1. The largest absolute Gasteiger partial charge is 0.494 e. The third-order valence-electron chi connectivity index (χ3n) is 11.4. The first-order chi connectivity index (χ1) is 35.2. The Bertz CT molecular complexity index is 2160. The molecule has 15 N–H and O–H groups in total. The molecule has 9 atom stereocenters. The molecule has 25 nitrogen and oxygen atoms in total. The minimum Gasteiger partial charge on any atom is -0.494 e. The van der Waals surface area contributed by atoms with Gasteiger partial charge in [0.2, 0.25) is 59.1 Å². The maximum Gasteiger partial charge on any atom is 0.490 e. The summed E-state index contributed by atoms with van der Waals surface area (Å²) in [4.78, 5) is 144. The summed E-state index contributed by atoms with van der Waals surface area (Å²) in [5, 5.41) is 35.8. The number of alkyl halides is 3. The van der Waals surface area contributed by atoms with E-state index in [2.05, 4.69) is 37.2 Å². The number of primary amides is 2. The van der Waals surface area contributed by atoms with E-state index in [-0.39, 0.29) is 50.3 Å². The van der Waals surface area contributed by atoms with E-state index in [1.165, 1.54) is 22.6 Å². The summed E-state index contributed by atoms with van der Waals surface area (Å²) in [6.07, 6.45) is -6.14. The topological polar surface area (TPSA) is 403 Å². The van der Waals surface area contributed by atoms with E-state index in [1.54, 1.807) is 38.1 Å². The van der Waals surface area contributed by atoms with E-state index in [9.17, 15) is 66.2 Å². The average molecular weight is 1110 g/mol. The van der Waals surface area contributed by atoms with E-state index in [1.807, 2.05) is 6.92 Å². The van der Waals surface area contributed by atoms with Gasteiger partial charge in [0.05, 0.1) is 25.7 Å². The SMILES string of the molecule is CCOc1ccc(C[C@H]2NC(=O)CCSSC[C@@H](C(=O)N3CCC[C@H]3C(=O)N[C@@H](CCCN)C(=O)NCC(N)=O)NC(=O)[C@H](CC(N)=O)NC(=O)[C@H]([C@@H](C)O)NC(=O)[C@H]([C@@H](C)CC)NC2=O)cc1.O=C(O)C(F)(F)F. The molecule has 2 aliphatic rings. The summed E-state index contributed by atoms with van der Waals surface area (Å²) >= 11 is 0. The number of aliphatic hydroxyl groups is 1. The molecule has 10 amide bonds. The molecule has 2 heterocycles. The first-order valence-corrected chi connectivity index (χ1v) is 26.3. The molecule has 0 spiro atoms. The lowest BCUT2D eigenvalue weighted by atomic mass is 9.96. The predicted octanol–water partition coefficient (Wildman–Crippen LogP) is -2.41. The van der Waals surface area contributed by atoms with Crippen LogP contribution >= 0.6 is 21.6 Å². The quantitative estimate of drug-likeness (QED) is 0.0681. The van der Waals surface area contributed by atoms with Gasteiger partial charge in [-0.25, -0.2) is 4.79 Å². The number of carbonyl (C=O) groups excluding carboxylic acids is 10. The van der Waals surface area contributed by atoms with E-state index >= 15 is 0 Å². The van der Waals surface area contributed by atoms with Crippen molar-refractivity contribution in [1.82, 2.24) is 42.1 Å². The number of hydrogen-bond donors (Lipinski definition) is 12. The number of amides is 10. The standard InChI is InChI=1S/C43H67N11O12S2.C2HF3O2/c1-5-23(3)35-41(63)53-36(24(4)55)42(64)50-29(20-32(45)56)38(60)51-30(43(65)54-17-8-10-31(54)40(62)49-27(9-7-16-44)37(59)47-21-33(46)57)22-68-67-18-15-34(58)48-28(39(61)52-35)19-25-11-13-26(14-12-25)66-6-2;3-2(4,5)1(6)7/h11-14,23-24,27-31,35-36,55H,5-10,15-22,44H2,1-4H3,(H2,45,56)(H2,46,57)(H,47,59)(H,48,58)(H,49,62)(H,50,64)(H,51,60)(H,52,61)(H,53,63);(H,6,7)/t23-,24+,27-,28+,29-,30-,31-,35-,36-;/m0./s1. The molecular formula is C45H68F3N11O14S2. The van der Waals surface area contributed by atoms with Crippen molar-refractivity contribution in [3.05, 3.63) is 29.8 Å². The molecule has 0 aliphatic carbocycles. The molecule has 1 aromatic carbocycles. The predicted molar refractivity (Wildman–Crippen MR) is 266 cm³/mol. The van der Waals surface area contributed by atoms with E-state index in [4.69, 9.17) is 31.8 Å². The van der Waals surface area contributed by atoms with Crippen LogP contribution in [0.25, 0.3) is 0 Å². The second kappa shape index (κ2) is 32.1. The van der Waals surface area contributed by atoms with Crippen LogP contribution in [0.3, 0.4) is 0 Å². The second-order valence-electron chi connectivity index (χ2n) is 17.3. The summed E-state index contributed by atoms with van der Waals surface area (Å²) in [7, 11) is 2.27. The molecule has 3 rings (SSSR count). The fourth-order valence-electron chi connectivity index (χ4n) is 7.29. The van der Waals surface area contributed by atoms with Crippen molar-refractivity contribution >= 4 is 86.6 Å². The van der Waals surface area contributed by atoms with Crippen molar-refractivity contribution in [2.45, 2.75) is 134 Å². The van der Waals surface area contributed by atoms with Crippen LogP contribution in [-0.4, -0.2) is 172 Å². The highest BCUT2D eigenvalue weighted by molar-refractivity contribution is 8.76. The molecule has 0 radical (unpaired) electrons. The van der Waals surface area contributed by atoms with Crippen LogP contribution in [-0.2, 0) is 59.2 Å². The fraction of sp³-hybridized carbons (Fsp3) is 0.622. The lowest BCUT2D eigenvalue weighted by Gasteiger charge is -2.31. The molecule has 2 saturated heterocycles. The molecule has 0 bridgehead atoms. The summed E-state index contributed by atoms with van der Waals surface area (Å²) in [5.41, 5.74) is 17.0. The number of ether oxygens (including phenoxy) is 1. The van der Waals surface area contributed by atoms with Crippen LogP contribution in [0.15, 0.2) is 24.3 Å². The van der Waals surface area contributed by atoms with Crippen LogP contribution in [0, 0.1) is 5.92 Å². The van der Waals surface area contributed by atoms with Crippen LogP contribution in [0.5, 0.6) is 5.75 Å². The highest BCUT2D eigenvalue weighted by Crippen LogP contribution is 2.26. The highest BCUT2D eigenvalue weighted by atomic mass is 33.1. The maximum absolute atomic E-state index is 14.4. The molecule has 1 aromatic rings. The van der Waals surface area contributed by atoms with Crippen molar-refractivity contribution in [2.24, 2.45) is 23.1 Å². The molecule has 2 fully saturated rings. The second-order valence-corrected chi connectivity index (χ2v) is 19.9. The van der Waals surface area contributed by atoms with E-state index < -0.39 is 138 Å². The van der Waals surface area contributed by atoms with Crippen molar-refractivity contribution in [3.8, 4) is 5.75 Å². The molecule has 0 aromatic heterocycles. The van der Waals surface area contributed by atoms with Gasteiger partial charge in [-0.15, -0.1) is 0 Å². The zero-order valence-corrected chi connectivity index (χ0v) is 43.5. The number of nitrogens with two attached hydrogens (primary N) is 3. The Labute approximate surface area is 438 Å². The molecule has 2 aliphatic heterocycles. The maximum atomic E-state index is 14.4. The van der Waals surface area contributed by atoms with Gasteiger partial charge in [-0.3, -0.25) is 47.9 Å². The van der Waals surface area contributed by atoms with Gasteiger partial charge in [-0.05, 0) is 69.7 Å². The van der Waals surface area contributed by atoms with Gasteiger partial charge in [-0.1, -0.05) is 54.0 Å². The van der Waals surface area contributed by atoms with Gasteiger partial charge in [0.1, 0.15) is 48.0 Å². The third kappa shape index (κ3) is 22.5. The van der Waals surface area contributed by atoms with Gasteiger partial charge >= 0.3 is 12.1 Å². The zero-order chi connectivity index (χ0) is 56.6. The number of carbonyl (C=O) groups is 11. The number of likely N-dealkylation sites (tertiary alicyclic amines) is 1. The van der Waals surface area contributed by atoms with Gasteiger partial charge in [0.25, 0.3) is 0 Å². The Hall–Kier alpha value is -6.40. The van der Waals surface area contributed by atoms with Crippen molar-refractivity contribution in [1.29, 1.82) is 0 Å². The molecule has 75 heavy (non-hydrogen) atoms. The first-order valence-electron chi connectivity index (χ1n) is 23.8. The number of carboxylic acids is 1. The van der Waals surface area contributed by atoms with Gasteiger partial charge < -0.3 is 74.3 Å². The Kier molecular flexibility index (Phi) is 27.7. The van der Waals surface area contributed by atoms with Crippen molar-refractivity contribution in [3.63, 3.8) is 0 Å². The van der Waals surface area contributed by atoms with Crippen LogP contribution < -0.4 is 59.2 Å². The Morgan fingerprint density at radius 2 is 1.48 bits per heavy atom. The van der Waals surface area contributed by atoms with Crippen LogP contribution in [0.1, 0.15) is 78.2 Å². The minimum atomic E-state index is -5.08. The Morgan fingerprint density at radius 3 is 2.04 bits per heavy atom. The number of halogens is 3. The minimum absolute atomic E-state index is 0.0243. The number of nitrogens with one attached hydrogen (secondary N) is 7. The van der Waals surface area contributed by atoms with Crippen LogP contribution in [0.4, 0.5) is 13.2 Å². The number of hydrogen-bond acceptors (Lipinski definition) is 16. The monoisotopic (exact) mass is 1110 g/mol. The number of carboxylic acid groups (broad SMARTS) is 1. The lowest BCUT2D eigenvalue weighted by molar-refractivity contribution is -0.192. The van der Waals surface area contributed by atoms with Gasteiger partial charge in [0, 0.05) is 30.9 Å². The number of aliphatic carboxylic acids is 1. The molecule has 0 unspecified atom stereocenters. The van der Waals surface area contributed by atoms with E-state index in [0.717, 1.165) is 10.8 Å². The fourth-order valence-corrected chi connectivity index (χ4v) is 9.44. The number of aliphatic hydroxyl groups excluding tert-OH is 1. The molecule has 0 saturated carbocycles. The molecule has 30 heteroatoms. The first kappa shape index (κ1) is 64.7. The molecule has 420 valence electrons. The average Bonchev–Trinajstić information content (AvgIpc) is 3.84. The smallest absolute Gasteiger partial charge is 0.490 e. The highest BCUT2D eigenvalue weighted by Gasteiger charge is 2.41. The zero-order valence-electron chi connectivity index (χ0n) is 41.8. The van der Waals surface area contributed by atoms with E-state index in [0.29, 0.717) is 37.2 Å². The normalized spacial score (nSPS) is 22.6. The van der Waals surface area contributed by atoms with Gasteiger partial charge in [-0.2, -0.15) is 13.2 Å². The third-order valence-corrected chi connectivity index (χ3v) is 13.8. The number of rotatable bonds is 18. The summed E-state index contributed by atoms with van der Waals surface area (Å²) in [6, 6.07) is -2.62. The Balaban J connectivity index is 0.00000256.